The maximum Gasteiger partial charge on any atom is 0.407 e. The molecule has 7 nitrogen and oxygen atoms in total. The normalized spacial score (nSPS) is 25.4. The van der Waals surface area contributed by atoms with Crippen molar-refractivity contribution in [3.05, 3.63) is 27.7 Å². The molecule has 3 N–H and O–H groups in total. The highest BCUT2D eigenvalue weighted by atomic mass is 35.5. The summed E-state index contributed by atoms with van der Waals surface area (Å²) in [7, 11) is 1.55. The van der Waals surface area contributed by atoms with Crippen molar-refractivity contribution in [2.45, 2.75) is 30.8 Å². The van der Waals surface area contributed by atoms with Crippen LogP contribution < -0.4 is 15.4 Å². The quantitative estimate of drug-likeness (QED) is 0.703. The van der Waals surface area contributed by atoms with Gasteiger partial charge in [0.2, 0.25) is 5.91 Å². The average molecular weight is 402 g/mol. The van der Waals surface area contributed by atoms with Gasteiger partial charge in [-0.15, -0.1) is 0 Å². The molecule has 0 bridgehead atoms. The summed E-state index contributed by atoms with van der Waals surface area (Å²) in [6.45, 7) is 1.36. The summed E-state index contributed by atoms with van der Waals surface area (Å²) in [5.41, 5.74) is 0.744. The molecule has 2 aliphatic rings. The van der Waals surface area contributed by atoms with Crippen LogP contribution in [0.25, 0.3) is 0 Å². The zero-order valence-corrected chi connectivity index (χ0v) is 15.8. The molecular formula is C17H21Cl2N3O4. The molecular weight excluding hydrogens is 381 g/mol. The third kappa shape index (κ3) is 3.84. The Morgan fingerprint density at radius 3 is 2.85 bits per heavy atom. The van der Waals surface area contributed by atoms with Crippen molar-refractivity contribution >= 4 is 35.2 Å². The second-order valence-corrected chi connectivity index (χ2v) is 7.40. The Morgan fingerprint density at radius 1 is 1.46 bits per heavy atom. The highest BCUT2D eigenvalue weighted by molar-refractivity contribution is 6.42. The number of amides is 2. The van der Waals surface area contributed by atoms with Gasteiger partial charge in [-0.3, -0.25) is 4.79 Å². The number of likely N-dealkylation sites (tertiary alicyclic amines) is 1. The molecule has 1 aromatic rings. The zero-order chi connectivity index (χ0) is 18.8. The lowest BCUT2D eigenvalue weighted by Crippen LogP contribution is -2.44. The van der Waals surface area contributed by atoms with E-state index >= 15 is 0 Å². The Balaban J connectivity index is 1.76. The molecule has 2 fully saturated rings. The number of hydrogen-bond donors (Lipinski definition) is 3. The van der Waals surface area contributed by atoms with Gasteiger partial charge in [0, 0.05) is 49.6 Å². The van der Waals surface area contributed by atoms with Gasteiger partial charge in [-0.1, -0.05) is 23.2 Å². The van der Waals surface area contributed by atoms with Crippen molar-refractivity contribution in [2.24, 2.45) is 0 Å². The van der Waals surface area contributed by atoms with Crippen molar-refractivity contribution < 1.29 is 19.4 Å². The monoisotopic (exact) mass is 401 g/mol. The van der Waals surface area contributed by atoms with Crippen LogP contribution in [-0.2, 0) is 4.79 Å². The fourth-order valence-corrected chi connectivity index (χ4v) is 4.19. The number of carbonyl (C=O) groups excluding carboxylic acids is 1. The molecule has 3 rings (SSSR count). The molecule has 2 saturated heterocycles. The van der Waals surface area contributed by atoms with Gasteiger partial charge in [-0.25, -0.2) is 4.79 Å². The topological polar surface area (TPSA) is 90.9 Å². The van der Waals surface area contributed by atoms with Crippen LogP contribution in [0.5, 0.6) is 5.75 Å². The van der Waals surface area contributed by atoms with Gasteiger partial charge in [0.25, 0.3) is 0 Å². The summed E-state index contributed by atoms with van der Waals surface area (Å²) in [6.07, 6.45) is 0.0399. The van der Waals surface area contributed by atoms with E-state index in [1.54, 1.807) is 19.2 Å². The Kier molecular flexibility index (Phi) is 5.79. The molecule has 2 heterocycles. The third-order valence-electron chi connectivity index (χ3n) is 5.00. The minimum Gasteiger partial charge on any atom is -0.496 e. The first-order chi connectivity index (χ1) is 12.4. The molecule has 142 valence electrons. The van der Waals surface area contributed by atoms with Gasteiger partial charge in [-0.05, 0) is 18.6 Å². The van der Waals surface area contributed by atoms with Gasteiger partial charge < -0.3 is 25.4 Å². The van der Waals surface area contributed by atoms with E-state index in [0.717, 1.165) is 5.56 Å². The van der Waals surface area contributed by atoms with E-state index in [2.05, 4.69) is 10.6 Å². The summed E-state index contributed by atoms with van der Waals surface area (Å²) < 4.78 is 5.41. The van der Waals surface area contributed by atoms with Crippen LogP contribution in [0.15, 0.2) is 12.1 Å². The van der Waals surface area contributed by atoms with Crippen LogP contribution in [0.4, 0.5) is 4.79 Å². The van der Waals surface area contributed by atoms with Crippen LogP contribution >= 0.6 is 23.2 Å². The predicted molar refractivity (Wildman–Crippen MR) is 98.3 cm³/mol. The summed E-state index contributed by atoms with van der Waals surface area (Å²) in [4.78, 5) is 24.4. The second-order valence-electron chi connectivity index (χ2n) is 6.61. The smallest absolute Gasteiger partial charge is 0.407 e. The Morgan fingerprint density at radius 2 is 2.23 bits per heavy atom. The number of methoxy groups -OCH3 is 1. The number of halogens is 2. The third-order valence-corrected chi connectivity index (χ3v) is 5.82. The molecule has 0 spiro atoms. The summed E-state index contributed by atoms with van der Waals surface area (Å²) in [6, 6.07) is 3.23. The first-order valence-electron chi connectivity index (χ1n) is 8.42. The minimum atomic E-state index is -0.975. The number of hydrogen-bond acceptors (Lipinski definition) is 4. The average Bonchev–Trinajstić information content (AvgIpc) is 3.21. The van der Waals surface area contributed by atoms with E-state index in [4.69, 9.17) is 27.9 Å². The van der Waals surface area contributed by atoms with E-state index in [0.29, 0.717) is 48.3 Å². The number of carbonyl (C=O) groups is 2. The molecule has 0 aromatic heterocycles. The molecule has 0 saturated carbocycles. The van der Waals surface area contributed by atoms with Crippen molar-refractivity contribution in [1.29, 1.82) is 0 Å². The number of ether oxygens (including phenoxy) is 1. The van der Waals surface area contributed by atoms with Gasteiger partial charge >= 0.3 is 6.09 Å². The highest BCUT2D eigenvalue weighted by Crippen LogP contribution is 2.43. The van der Waals surface area contributed by atoms with Gasteiger partial charge in [0.05, 0.1) is 17.2 Å². The maximum atomic E-state index is 11.7. The lowest BCUT2D eigenvalue weighted by Gasteiger charge is -2.23. The fraction of sp³-hybridized carbons (Fsp3) is 0.529. The van der Waals surface area contributed by atoms with E-state index in [-0.39, 0.29) is 23.9 Å². The van der Waals surface area contributed by atoms with E-state index < -0.39 is 6.09 Å². The van der Waals surface area contributed by atoms with Crippen LogP contribution in [0.1, 0.15) is 24.3 Å². The van der Waals surface area contributed by atoms with Crippen LogP contribution in [0.3, 0.4) is 0 Å². The highest BCUT2D eigenvalue weighted by Gasteiger charge is 2.38. The molecule has 2 amide bonds. The number of benzene rings is 1. The molecule has 1 unspecified atom stereocenters. The van der Waals surface area contributed by atoms with Crippen LogP contribution in [-0.4, -0.2) is 60.8 Å². The van der Waals surface area contributed by atoms with Gasteiger partial charge in [-0.2, -0.15) is 0 Å². The second kappa shape index (κ2) is 7.90. The van der Waals surface area contributed by atoms with Crippen LogP contribution in [0, 0.1) is 0 Å². The summed E-state index contributed by atoms with van der Waals surface area (Å²) >= 11 is 12.5. The fourth-order valence-electron chi connectivity index (χ4n) is 3.71. The molecule has 0 radical (unpaired) electrons. The predicted octanol–water partition coefficient (Wildman–Crippen LogP) is 2.32. The first kappa shape index (κ1) is 19.1. The van der Waals surface area contributed by atoms with Crippen molar-refractivity contribution in [3.63, 3.8) is 0 Å². The Bertz CT molecular complexity index is 715. The SMILES string of the molecule is COc1ccc(Cl)c(Cl)c1[C@H]1C[C@@H](CNC2CNC(=O)C2)N(C(=O)O)C1. The Hall–Kier alpha value is -1.70. The molecule has 2 aliphatic heterocycles. The van der Waals surface area contributed by atoms with Crippen LogP contribution in [0.2, 0.25) is 10.0 Å². The summed E-state index contributed by atoms with van der Waals surface area (Å²) in [5, 5.41) is 16.4. The first-order valence-corrected chi connectivity index (χ1v) is 9.17. The van der Waals surface area contributed by atoms with Crippen molar-refractivity contribution in [1.82, 2.24) is 15.5 Å². The standard InChI is InChI=1S/C17H21Cl2N3O4/c1-26-13-3-2-12(18)16(19)15(13)9-4-11(22(8-9)17(24)25)7-20-10-5-14(23)21-6-10/h2-3,9-11,20H,4-8H2,1H3,(H,21,23)(H,24,25)/t9-,10?,11-/m0/s1. The molecule has 26 heavy (non-hydrogen) atoms. The zero-order valence-electron chi connectivity index (χ0n) is 14.3. The Labute approximate surface area is 161 Å². The lowest BCUT2D eigenvalue weighted by atomic mass is 9.95. The minimum absolute atomic E-state index is 0.0114. The van der Waals surface area contributed by atoms with E-state index in [1.807, 2.05) is 0 Å². The largest absolute Gasteiger partial charge is 0.496 e. The van der Waals surface area contributed by atoms with Gasteiger partial charge in [0.1, 0.15) is 5.75 Å². The number of carboxylic acid groups (broad SMARTS) is 1. The lowest BCUT2D eigenvalue weighted by molar-refractivity contribution is -0.119. The van der Waals surface area contributed by atoms with Crippen molar-refractivity contribution in [2.75, 3.05) is 26.7 Å². The van der Waals surface area contributed by atoms with E-state index in [1.165, 1.54) is 4.90 Å². The molecule has 9 heteroatoms. The van der Waals surface area contributed by atoms with Crippen molar-refractivity contribution in [3.8, 4) is 5.75 Å². The molecule has 0 aliphatic carbocycles. The summed E-state index contributed by atoms with van der Waals surface area (Å²) in [5.74, 6) is 0.508. The molecule has 1 aromatic carbocycles. The maximum absolute atomic E-state index is 11.7. The van der Waals surface area contributed by atoms with E-state index in [9.17, 15) is 14.7 Å². The van der Waals surface area contributed by atoms with Gasteiger partial charge in [0.15, 0.2) is 0 Å². The number of nitrogens with zero attached hydrogens (tertiary/aromatic N) is 1. The molecule has 3 atom stereocenters. The number of nitrogens with one attached hydrogen (secondary N) is 2. The number of rotatable bonds is 5.